The number of Topliss-reactive ketones (excluding diaryl/α,β-unsaturated/α-hetero) is 1. The summed E-state index contributed by atoms with van der Waals surface area (Å²) in [6.07, 6.45) is 0. The van der Waals surface area contributed by atoms with Gasteiger partial charge in [-0.05, 0) is 54.1 Å². The summed E-state index contributed by atoms with van der Waals surface area (Å²) in [5.41, 5.74) is 1.17. The fourth-order valence-corrected chi connectivity index (χ4v) is 4.23. The molecule has 3 aromatic carbocycles. The molecule has 0 radical (unpaired) electrons. The number of ether oxygens (including phenoxy) is 2. The number of phenolic OH excluding ortho intramolecular Hbond substituents is 1. The van der Waals surface area contributed by atoms with Gasteiger partial charge in [0, 0.05) is 16.3 Å². The minimum atomic E-state index is -0.933. The number of fused-ring (bicyclic) bond motifs is 1. The molecular formula is C25H18ClNO6. The van der Waals surface area contributed by atoms with E-state index in [2.05, 4.69) is 0 Å². The van der Waals surface area contributed by atoms with Gasteiger partial charge in [0.05, 0.1) is 11.6 Å². The number of rotatable bonds is 3. The van der Waals surface area contributed by atoms with Crippen LogP contribution in [-0.2, 0) is 9.59 Å². The highest BCUT2D eigenvalue weighted by molar-refractivity contribution is 6.51. The van der Waals surface area contributed by atoms with E-state index in [0.717, 1.165) is 0 Å². The van der Waals surface area contributed by atoms with Gasteiger partial charge in [-0.25, -0.2) is 0 Å². The molecule has 0 spiro atoms. The van der Waals surface area contributed by atoms with Crippen LogP contribution in [0.1, 0.15) is 17.2 Å². The van der Waals surface area contributed by atoms with Crippen molar-refractivity contribution in [1.82, 2.24) is 0 Å². The Balaban J connectivity index is 1.69. The van der Waals surface area contributed by atoms with Gasteiger partial charge in [0.1, 0.15) is 24.7 Å². The van der Waals surface area contributed by atoms with Crippen LogP contribution in [0.15, 0.2) is 72.3 Å². The van der Waals surface area contributed by atoms with Gasteiger partial charge in [-0.2, -0.15) is 0 Å². The zero-order valence-corrected chi connectivity index (χ0v) is 18.0. The maximum atomic E-state index is 13.2. The minimum Gasteiger partial charge on any atom is -0.508 e. The number of ketones is 1. The Morgan fingerprint density at radius 1 is 0.939 bits per heavy atom. The molecule has 1 amide bonds. The summed E-state index contributed by atoms with van der Waals surface area (Å²) in [6.45, 7) is 0.786. The van der Waals surface area contributed by atoms with Crippen molar-refractivity contribution in [3.05, 3.63) is 88.5 Å². The number of carbonyl (C=O) groups excluding carboxylic acids is 2. The first-order valence-electron chi connectivity index (χ1n) is 10.2. The Hall–Kier alpha value is -3.97. The van der Waals surface area contributed by atoms with Crippen LogP contribution in [0, 0.1) is 0 Å². The second-order valence-electron chi connectivity index (χ2n) is 7.60. The van der Waals surface area contributed by atoms with E-state index in [9.17, 15) is 19.8 Å². The van der Waals surface area contributed by atoms with Crippen LogP contribution in [0.4, 0.5) is 5.69 Å². The lowest BCUT2D eigenvalue weighted by Crippen LogP contribution is -2.29. The summed E-state index contributed by atoms with van der Waals surface area (Å²) in [5, 5.41) is 21.4. The largest absolute Gasteiger partial charge is 0.508 e. The van der Waals surface area contributed by atoms with Crippen LogP contribution in [0.2, 0.25) is 5.02 Å². The molecule has 2 N–H and O–H groups in total. The van der Waals surface area contributed by atoms with Crippen molar-refractivity contribution in [2.45, 2.75) is 6.04 Å². The smallest absolute Gasteiger partial charge is 0.300 e. The molecule has 1 atom stereocenters. The zero-order valence-electron chi connectivity index (χ0n) is 17.2. The number of nitrogens with zero attached hydrogens (tertiary/aromatic N) is 1. The van der Waals surface area contributed by atoms with Crippen LogP contribution in [0.25, 0.3) is 5.76 Å². The Labute approximate surface area is 194 Å². The van der Waals surface area contributed by atoms with Gasteiger partial charge in [-0.3, -0.25) is 14.5 Å². The van der Waals surface area contributed by atoms with Gasteiger partial charge in [0.15, 0.2) is 11.5 Å². The number of halogens is 1. The first kappa shape index (κ1) is 20.9. The molecule has 8 heteroatoms. The third-order valence-electron chi connectivity index (χ3n) is 5.56. The van der Waals surface area contributed by atoms with E-state index < -0.39 is 17.7 Å². The summed E-state index contributed by atoms with van der Waals surface area (Å²) >= 11 is 6.14. The zero-order chi connectivity index (χ0) is 23.1. The quantitative estimate of drug-likeness (QED) is 0.338. The molecule has 1 unspecified atom stereocenters. The average Bonchev–Trinajstić information content (AvgIpc) is 3.09. The predicted molar refractivity (Wildman–Crippen MR) is 122 cm³/mol. The molecular weight excluding hydrogens is 446 g/mol. The monoisotopic (exact) mass is 463 g/mol. The molecule has 0 aliphatic carbocycles. The molecule has 166 valence electrons. The fraction of sp³-hybridized carbons (Fsp3) is 0.120. The van der Waals surface area contributed by atoms with E-state index in [0.29, 0.717) is 46.5 Å². The van der Waals surface area contributed by atoms with E-state index in [1.165, 1.54) is 17.0 Å². The summed E-state index contributed by atoms with van der Waals surface area (Å²) < 4.78 is 11.1. The molecule has 1 fully saturated rings. The number of carbonyl (C=O) groups is 2. The third kappa shape index (κ3) is 3.66. The normalized spacial score (nSPS) is 19.1. The summed E-state index contributed by atoms with van der Waals surface area (Å²) in [7, 11) is 0. The number of benzene rings is 3. The molecule has 2 aliphatic rings. The van der Waals surface area contributed by atoms with Crippen molar-refractivity contribution in [1.29, 1.82) is 0 Å². The van der Waals surface area contributed by atoms with Gasteiger partial charge in [0.2, 0.25) is 0 Å². The second kappa shape index (κ2) is 8.18. The van der Waals surface area contributed by atoms with E-state index in [-0.39, 0.29) is 17.1 Å². The molecule has 33 heavy (non-hydrogen) atoms. The lowest BCUT2D eigenvalue weighted by atomic mass is 9.95. The maximum Gasteiger partial charge on any atom is 0.300 e. The Kier molecular flexibility index (Phi) is 5.18. The molecule has 0 aromatic heterocycles. The van der Waals surface area contributed by atoms with Crippen molar-refractivity contribution in [3.8, 4) is 17.2 Å². The Morgan fingerprint density at radius 2 is 1.67 bits per heavy atom. The molecule has 7 nitrogen and oxygen atoms in total. The second-order valence-corrected chi connectivity index (χ2v) is 8.04. The molecule has 0 saturated carbocycles. The molecule has 1 saturated heterocycles. The van der Waals surface area contributed by atoms with Gasteiger partial charge in [-0.15, -0.1) is 0 Å². The van der Waals surface area contributed by atoms with Gasteiger partial charge in [0.25, 0.3) is 11.7 Å². The van der Waals surface area contributed by atoms with Gasteiger partial charge in [-0.1, -0.05) is 29.8 Å². The summed E-state index contributed by atoms with van der Waals surface area (Å²) in [6, 6.07) is 16.6. The van der Waals surface area contributed by atoms with Crippen molar-refractivity contribution >= 4 is 34.7 Å². The number of phenols is 1. The van der Waals surface area contributed by atoms with Crippen LogP contribution < -0.4 is 14.4 Å². The first-order chi connectivity index (χ1) is 15.9. The Morgan fingerprint density at radius 3 is 2.39 bits per heavy atom. The summed E-state index contributed by atoms with van der Waals surface area (Å²) in [5.74, 6) is -0.962. The van der Waals surface area contributed by atoms with Crippen LogP contribution in [0.5, 0.6) is 17.2 Å². The maximum absolute atomic E-state index is 13.2. The predicted octanol–water partition coefficient (Wildman–Crippen LogP) is 4.44. The standard InChI is InChI=1S/C25H18ClNO6/c26-16-2-1-3-17(13-16)27-22(14-4-7-18(28)8-5-14)21(24(30)25(27)31)23(29)15-6-9-19-20(12-15)33-11-10-32-19/h1-9,12-13,22,28-29H,10-11H2/b23-21-. The molecule has 3 aromatic rings. The average molecular weight is 464 g/mol. The molecule has 5 rings (SSSR count). The number of hydrogen-bond donors (Lipinski definition) is 2. The number of hydrogen-bond acceptors (Lipinski definition) is 6. The number of anilines is 1. The number of aliphatic hydroxyl groups excluding tert-OH is 1. The topological polar surface area (TPSA) is 96.3 Å². The lowest BCUT2D eigenvalue weighted by Gasteiger charge is -2.25. The van der Waals surface area contributed by atoms with Gasteiger partial charge < -0.3 is 19.7 Å². The van der Waals surface area contributed by atoms with E-state index in [4.69, 9.17) is 21.1 Å². The third-order valence-corrected chi connectivity index (χ3v) is 5.79. The van der Waals surface area contributed by atoms with Crippen LogP contribution in [-0.4, -0.2) is 35.1 Å². The van der Waals surface area contributed by atoms with Gasteiger partial charge >= 0.3 is 0 Å². The number of aliphatic hydroxyl groups is 1. The van der Waals surface area contributed by atoms with Crippen molar-refractivity contribution in [3.63, 3.8) is 0 Å². The molecule has 2 aliphatic heterocycles. The molecule has 2 heterocycles. The van der Waals surface area contributed by atoms with E-state index >= 15 is 0 Å². The summed E-state index contributed by atoms with van der Waals surface area (Å²) in [4.78, 5) is 27.6. The molecule has 0 bridgehead atoms. The van der Waals surface area contributed by atoms with E-state index in [1.807, 2.05) is 0 Å². The highest BCUT2D eigenvalue weighted by atomic mass is 35.5. The Bertz CT molecular complexity index is 1300. The van der Waals surface area contributed by atoms with Crippen molar-refractivity contribution < 1.29 is 29.3 Å². The van der Waals surface area contributed by atoms with Crippen molar-refractivity contribution in [2.24, 2.45) is 0 Å². The van der Waals surface area contributed by atoms with E-state index in [1.54, 1.807) is 54.6 Å². The SMILES string of the molecule is O=C1C(=O)N(c2cccc(Cl)c2)C(c2ccc(O)cc2)/C1=C(/O)c1ccc2c(c1)OCCO2. The highest BCUT2D eigenvalue weighted by Crippen LogP contribution is 2.43. The first-order valence-corrected chi connectivity index (χ1v) is 10.6. The van der Waals surface area contributed by atoms with Crippen LogP contribution >= 0.6 is 11.6 Å². The van der Waals surface area contributed by atoms with Crippen LogP contribution in [0.3, 0.4) is 0 Å². The number of aromatic hydroxyl groups is 1. The van der Waals surface area contributed by atoms with Crippen molar-refractivity contribution in [2.75, 3.05) is 18.1 Å². The fourth-order valence-electron chi connectivity index (χ4n) is 4.04. The highest BCUT2D eigenvalue weighted by Gasteiger charge is 2.47. The number of amides is 1. The minimum absolute atomic E-state index is 0.0327. The lowest BCUT2D eigenvalue weighted by molar-refractivity contribution is -0.132.